The molecule has 1 aliphatic carbocycles. The molecule has 1 fully saturated rings. The molecule has 1 aromatic rings. The maximum Gasteiger partial charge on any atom is 0.338 e. The van der Waals surface area contributed by atoms with Crippen molar-refractivity contribution >= 4 is 17.3 Å². The van der Waals surface area contributed by atoms with Crippen molar-refractivity contribution in [3.8, 4) is 0 Å². The number of esters is 1. The van der Waals surface area contributed by atoms with E-state index in [0.29, 0.717) is 18.4 Å². The summed E-state index contributed by atoms with van der Waals surface area (Å²) >= 11 is 1.44. The van der Waals surface area contributed by atoms with Crippen molar-refractivity contribution in [2.45, 2.75) is 24.5 Å². The first kappa shape index (κ1) is 10.6. The van der Waals surface area contributed by atoms with E-state index >= 15 is 0 Å². The molecule has 0 unspecified atom stereocenters. The van der Waals surface area contributed by atoms with Crippen molar-refractivity contribution in [2.75, 3.05) is 7.11 Å². The monoisotopic (exact) mass is 227 g/mol. The number of carbonyl (C=O) groups excluding carboxylic acids is 1. The van der Waals surface area contributed by atoms with Gasteiger partial charge in [0.2, 0.25) is 0 Å². The number of hydrogen-bond acceptors (Lipinski definition) is 5. The van der Waals surface area contributed by atoms with Crippen LogP contribution >= 0.6 is 11.3 Å². The molecule has 1 heterocycles. The van der Waals surface area contributed by atoms with Crippen molar-refractivity contribution in [1.82, 2.24) is 0 Å². The molecule has 1 saturated carbocycles. The number of thiophene rings is 1. The van der Waals surface area contributed by atoms with Crippen LogP contribution in [-0.4, -0.2) is 24.3 Å². The third-order valence-corrected chi connectivity index (χ3v) is 3.86. The zero-order chi connectivity index (χ0) is 11.1. The SMILES string of the molecule is COC(=O)c1csc(C2(N)CC(O)C2)c1. The van der Waals surface area contributed by atoms with E-state index in [1.54, 1.807) is 11.4 Å². The Balaban J connectivity index is 2.17. The Labute approximate surface area is 91.7 Å². The van der Waals surface area contributed by atoms with E-state index in [2.05, 4.69) is 4.74 Å². The number of nitrogens with two attached hydrogens (primary N) is 1. The summed E-state index contributed by atoms with van der Waals surface area (Å²) in [6.45, 7) is 0. The highest BCUT2D eigenvalue weighted by Crippen LogP contribution is 2.41. The summed E-state index contributed by atoms with van der Waals surface area (Å²) in [7, 11) is 1.35. The first-order valence-corrected chi connectivity index (χ1v) is 5.57. The van der Waals surface area contributed by atoms with E-state index in [9.17, 15) is 9.90 Å². The number of carbonyl (C=O) groups is 1. The standard InChI is InChI=1S/C10H13NO3S/c1-14-9(13)6-2-8(15-5-6)10(11)3-7(12)4-10/h2,5,7,12H,3-4,11H2,1H3. The van der Waals surface area contributed by atoms with E-state index < -0.39 is 5.54 Å². The fraction of sp³-hybridized carbons (Fsp3) is 0.500. The number of ether oxygens (including phenoxy) is 1. The Hall–Kier alpha value is -0.910. The van der Waals surface area contributed by atoms with Gasteiger partial charge in [0.15, 0.2) is 0 Å². The average Bonchev–Trinajstić information content (AvgIpc) is 2.63. The molecule has 1 aliphatic rings. The maximum atomic E-state index is 11.2. The van der Waals surface area contributed by atoms with Gasteiger partial charge in [0.1, 0.15) is 0 Å². The number of hydrogen-bond donors (Lipinski definition) is 2. The largest absolute Gasteiger partial charge is 0.465 e. The van der Waals surface area contributed by atoms with E-state index in [4.69, 9.17) is 5.73 Å². The van der Waals surface area contributed by atoms with Crippen LogP contribution in [0.25, 0.3) is 0 Å². The van der Waals surface area contributed by atoms with Gasteiger partial charge >= 0.3 is 5.97 Å². The highest BCUT2D eigenvalue weighted by Gasteiger charge is 2.42. The molecule has 3 N–H and O–H groups in total. The van der Waals surface area contributed by atoms with Gasteiger partial charge < -0.3 is 15.6 Å². The molecular weight excluding hydrogens is 214 g/mol. The van der Waals surface area contributed by atoms with E-state index in [-0.39, 0.29) is 12.1 Å². The van der Waals surface area contributed by atoms with Crippen molar-refractivity contribution < 1.29 is 14.6 Å². The third-order valence-electron chi connectivity index (χ3n) is 2.71. The van der Waals surface area contributed by atoms with E-state index in [1.165, 1.54) is 18.4 Å². The summed E-state index contributed by atoms with van der Waals surface area (Å²) in [4.78, 5) is 12.2. The summed E-state index contributed by atoms with van der Waals surface area (Å²) in [6, 6.07) is 1.75. The number of rotatable bonds is 2. The predicted molar refractivity (Wildman–Crippen MR) is 56.8 cm³/mol. The molecule has 0 atom stereocenters. The Bertz CT molecular complexity index is 382. The minimum Gasteiger partial charge on any atom is -0.465 e. The van der Waals surface area contributed by atoms with Crippen LogP contribution in [0.2, 0.25) is 0 Å². The van der Waals surface area contributed by atoms with Gasteiger partial charge in [0, 0.05) is 10.3 Å². The van der Waals surface area contributed by atoms with Gasteiger partial charge in [-0.3, -0.25) is 0 Å². The van der Waals surface area contributed by atoms with Crippen molar-refractivity contribution in [2.24, 2.45) is 5.73 Å². The fourth-order valence-corrected chi connectivity index (χ4v) is 2.82. The van der Waals surface area contributed by atoms with Crippen LogP contribution in [0.5, 0.6) is 0 Å². The molecule has 15 heavy (non-hydrogen) atoms. The molecule has 1 aromatic heterocycles. The first-order valence-electron chi connectivity index (χ1n) is 4.69. The Morgan fingerprint density at radius 1 is 1.73 bits per heavy atom. The van der Waals surface area contributed by atoms with Crippen LogP contribution in [0.4, 0.5) is 0 Å². The lowest BCUT2D eigenvalue weighted by atomic mass is 9.74. The molecule has 0 amide bonds. The topological polar surface area (TPSA) is 72.5 Å². The van der Waals surface area contributed by atoms with Crippen molar-refractivity contribution in [3.05, 3.63) is 21.9 Å². The van der Waals surface area contributed by atoms with Crippen LogP contribution in [0.1, 0.15) is 28.1 Å². The second-order valence-corrected chi connectivity index (χ2v) is 4.82. The van der Waals surface area contributed by atoms with Crippen LogP contribution in [-0.2, 0) is 10.3 Å². The molecular formula is C10H13NO3S. The second kappa shape index (κ2) is 3.59. The lowest BCUT2D eigenvalue weighted by Gasteiger charge is -2.41. The molecule has 0 spiro atoms. The van der Waals surface area contributed by atoms with Gasteiger partial charge in [0.25, 0.3) is 0 Å². The molecule has 82 valence electrons. The number of aliphatic hydroxyl groups is 1. The van der Waals surface area contributed by atoms with E-state index in [0.717, 1.165) is 4.88 Å². The quantitative estimate of drug-likeness (QED) is 0.734. The van der Waals surface area contributed by atoms with Crippen LogP contribution in [0.15, 0.2) is 11.4 Å². The van der Waals surface area contributed by atoms with Crippen LogP contribution in [0.3, 0.4) is 0 Å². The minimum absolute atomic E-state index is 0.307. The minimum atomic E-state index is -0.448. The summed E-state index contributed by atoms with van der Waals surface area (Å²) < 4.78 is 4.61. The van der Waals surface area contributed by atoms with Gasteiger partial charge in [-0.25, -0.2) is 4.79 Å². The Kier molecular flexibility index (Phi) is 2.54. The molecule has 0 aromatic carbocycles. The van der Waals surface area contributed by atoms with Gasteiger partial charge in [-0.15, -0.1) is 11.3 Å². The van der Waals surface area contributed by atoms with Crippen molar-refractivity contribution in [1.29, 1.82) is 0 Å². The zero-order valence-corrected chi connectivity index (χ0v) is 9.21. The molecule has 0 bridgehead atoms. The zero-order valence-electron chi connectivity index (χ0n) is 8.40. The second-order valence-electron chi connectivity index (χ2n) is 3.91. The third kappa shape index (κ3) is 1.78. The Morgan fingerprint density at radius 3 is 2.93 bits per heavy atom. The summed E-state index contributed by atoms with van der Waals surface area (Å²) in [5, 5.41) is 11.0. The molecule has 5 heteroatoms. The lowest BCUT2D eigenvalue weighted by molar-refractivity contribution is 0.0227. The van der Waals surface area contributed by atoms with Gasteiger partial charge in [-0.05, 0) is 18.9 Å². The Morgan fingerprint density at radius 2 is 2.40 bits per heavy atom. The molecule has 4 nitrogen and oxygen atoms in total. The lowest BCUT2D eigenvalue weighted by Crippen LogP contribution is -2.51. The highest BCUT2D eigenvalue weighted by atomic mass is 32.1. The summed E-state index contributed by atoms with van der Waals surface area (Å²) in [6.07, 6.45) is 0.820. The molecule has 2 rings (SSSR count). The molecule has 0 saturated heterocycles. The molecule has 0 radical (unpaired) electrons. The first-order chi connectivity index (χ1) is 7.05. The van der Waals surface area contributed by atoms with Crippen molar-refractivity contribution in [3.63, 3.8) is 0 Å². The van der Waals surface area contributed by atoms with Crippen LogP contribution in [0, 0.1) is 0 Å². The summed E-state index contributed by atoms with van der Waals surface area (Å²) in [5.41, 5.74) is 6.15. The number of methoxy groups -OCH3 is 1. The van der Waals surface area contributed by atoms with Gasteiger partial charge in [0.05, 0.1) is 24.3 Å². The van der Waals surface area contributed by atoms with E-state index in [1.807, 2.05) is 0 Å². The highest BCUT2D eigenvalue weighted by molar-refractivity contribution is 7.10. The summed E-state index contributed by atoms with van der Waals surface area (Å²) in [5.74, 6) is -0.346. The smallest absolute Gasteiger partial charge is 0.338 e. The number of aliphatic hydroxyl groups excluding tert-OH is 1. The fourth-order valence-electron chi connectivity index (χ4n) is 1.80. The predicted octanol–water partition coefficient (Wildman–Crippen LogP) is 0.843. The van der Waals surface area contributed by atoms with Gasteiger partial charge in [-0.1, -0.05) is 0 Å². The van der Waals surface area contributed by atoms with Gasteiger partial charge in [-0.2, -0.15) is 0 Å². The normalized spacial score (nSPS) is 29.7. The van der Waals surface area contributed by atoms with Crippen LogP contribution < -0.4 is 5.73 Å². The average molecular weight is 227 g/mol. The maximum absolute atomic E-state index is 11.2. The molecule has 0 aliphatic heterocycles.